The van der Waals surface area contributed by atoms with Crippen LogP contribution < -0.4 is 9.03 Å². The SMILES string of the molecule is Cc1cc(N2C(=O)C(C)(C)CS2(=O)=O)ccc1S(=O)(=O)Nc1ccc(F)cc1F. The zero-order valence-corrected chi connectivity index (χ0v) is 17.4. The van der Waals surface area contributed by atoms with Crippen LogP contribution in [0.15, 0.2) is 41.3 Å². The number of hydrogen-bond donors (Lipinski definition) is 1. The van der Waals surface area contributed by atoms with Gasteiger partial charge in [-0.15, -0.1) is 0 Å². The van der Waals surface area contributed by atoms with E-state index >= 15 is 0 Å². The lowest BCUT2D eigenvalue weighted by Gasteiger charge is -2.19. The van der Waals surface area contributed by atoms with E-state index in [4.69, 9.17) is 0 Å². The Bertz CT molecular complexity index is 1220. The minimum atomic E-state index is -4.25. The Morgan fingerprint density at radius 3 is 2.28 bits per heavy atom. The van der Waals surface area contributed by atoms with Crippen LogP contribution >= 0.6 is 0 Å². The van der Waals surface area contributed by atoms with Crippen molar-refractivity contribution in [3.05, 3.63) is 53.6 Å². The van der Waals surface area contributed by atoms with Gasteiger partial charge in [0.05, 0.1) is 27.4 Å². The van der Waals surface area contributed by atoms with Crippen molar-refractivity contribution in [1.29, 1.82) is 0 Å². The molecule has 0 atom stereocenters. The molecule has 0 aromatic heterocycles. The van der Waals surface area contributed by atoms with Crippen molar-refractivity contribution in [3.63, 3.8) is 0 Å². The van der Waals surface area contributed by atoms with Crippen LogP contribution in [-0.4, -0.2) is 28.5 Å². The van der Waals surface area contributed by atoms with Gasteiger partial charge in [-0.05, 0) is 56.7 Å². The number of rotatable bonds is 4. The predicted molar refractivity (Wildman–Crippen MR) is 103 cm³/mol. The van der Waals surface area contributed by atoms with Crippen molar-refractivity contribution in [2.24, 2.45) is 5.41 Å². The topological polar surface area (TPSA) is 101 Å². The van der Waals surface area contributed by atoms with E-state index in [1.807, 2.05) is 4.72 Å². The number of hydrogen-bond acceptors (Lipinski definition) is 5. The first-order chi connectivity index (χ1) is 13.2. The van der Waals surface area contributed by atoms with Crippen molar-refractivity contribution >= 4 is 37.3 Å². The van der Waals surface area contributed by atoms with Gasteiger partial charge in [0.15, 0.2) is 0 Å². The molecule has 0 unspecified atom stereocenters. The Labute approximate surface area is 167 Å². The maximum Gasteiger partial charge on any atom is 0.262 e. The van der Waals surface area contributed by atoms with Crippen LogP contribution in [0.4, 0.5) is 20.2 Å². The number of nitrogens with one attached hydrogen (secondary N) is 1. The second kappa shape index (κ2) is 6.77. The van der Waals surface area contributed by atoms with Gasteiger partial charge in [0.25, 0.3) is 10.0 Å². The average Bonchev–Trinajstić information content (AvgIpc) is 2.72. The summed E-state index contributed by atoms with van der Waals surface area (Å²) in [5.41, 5.74) is -1.37. The highest BCUT2D eigenvalue weighted by molar-refractivity contribution is 7.94. The molecule has 1 aliphatic heterocycles. The lowest BCUT2D eigenvalue weighted by Crippen LogP contribution is -2.33. The molecule has 2 aromatic rings. The standard InChI is InChI=1S/C18H18F2N2O5S2/c1-11-8-13(22-17(23)18(2,3)10-28(22,24)25)5-7-16(11)29(26,27)21-15-6-4-12(19)9-14(15)20/h4-9,21H,10H2,1-3H3. The number of carbonyl (C=O) groups is 1. The molecule has 1 heterocycles. The second-order valence-corrected chi connectivity index (χ2v) is 10.9. The molecular formula is C18H18F2N2O5S2. The third-order valence-electron chi connectivity index (χ3n) is 4.44. The molecule has 0 saturated carbocycles. The van der Waals surface area contributed by atoms with Crippen LogP contribution in [0.25, 0.3) is 0 Å². The van der Waals surface area contributed by atoms with E-state index in [1.165, 1.54) is 32.9 Å². The highest BCUT2D eigenvalue weighted by Crippen LogP contribution is 2.37. The third-order valence-corrected chi connectivity index (χ3v) is 7.99. The molecule has 3 rings (SSSR count). The molecule has 1 N–H and O–H groups in total. The van der Waals surface area contributed by atoms with Gasteiger partial charge in [0.2, 0.25) is 15.9 Å². The van der Waals surface area contributed by atoms with E-state index < -0.39 is 48.7 Å². The highest BCUT2D eigenvalue weighted by atomic mass is 32.2. The lowest BCUT2D eigenvalue weighted by atomic mass is 9.95. The molecule has 1 fully saturated rings. The molecule has 0 radical (unpaired) electrons. The van der Waals surface area contributed by atoms with Crippen molar-refractivity contribution in [2.45, 2.75) is 25.7 Å². The van der Waals surface area contributed by atoms with E-state index in [2.05, 4.69) is 0 Å². The minimum Gasteiger partial charge on any atom is -0.277 e. The number of benzene rings is 2. The Balaban J connectivity index is 1.98. The van der Waals surface area contributed by atoms with Crippen LogP contribution in [0.1, 0.15) is 19.4 Å². The summed E-state index contributed by atoms with van der Waals surface area (Å²) < 4.78 is 79.5. The summed E-state index contributed by atoms with van der Waals surface area (Å²) in [6.07, 6.45) is 0. The molecule has 2 aromatic carbocycles. The summed E-state index contributed by atoms with van der Waals surface area (Å²) >= 11 is 0. The van der Waals surface area contributed by atoms with Gasteiger partial charge >= 0.3 is 0 Å². The van der Waals surface area contributed by atoms with Crippen molar-refractivity contribution in [2.75, 3.05) is 14.8 Å². The maximum atomic E-state index is 13.8. The van der Waals surface area contributed by atoms with E-state index in [0.717, 1.165) is 18.2 Å². The number of amides is 1. The van der Waals surface area contributed by atoms with Gasteiger partial charge in [-0.2, -0.15) is 0 Å². The second-order valence-electron chi connectivity index (χ2n) is 7.39. The quantitative estimate of drug-likeness (QED) is 0.782. The van der Waals surface area contributed by atoms with Gasteiger partial charge in [0.1, 0.15) is 11.6 Å². The summed E-state index contributed by atoms with van der Waals surface area (Å²) in [4.78, 5) is 12.2. The Morgan fingerprint density at radius 2 is 1.76 bits per heavy atom. The summed E-state index contributed by atoms with van der Waals surface area (Å²) in [6.45, 7) is 4.44. The Kier molecular flexibility index (Phi) is 4.94. The van der Waals surface area contributed by atoms with Gasteiger partial charge < -0.3 is 0 Å². The monoisotopic (exact) mass is 444 g/mol. The van der Waals surface area contributed by atoms with Crippen LogP contribution in [0.3, 0.4) is 0 Å². The summed E-state index contributed by atoms with van der Waals surface area (Å²) in [6, 6.07) is 5.97. The van der Waals surface area contributed by atoms with Gasteiger partial charge in [-0.1, -0.05) is 0 Å². The molecule has 11 heteroatoms. The molecule has 7 nitrogen and oxygen atoms in total. The fraction of sp³-hybridized carbons (Fsp3) is 0.278. The highest BCUT2D eigenvalue weighted by Gasteiger charge is 2.50. The molecule has 0 aliphatic carbocycles. The van der Waals surface area contributed by atoms with Gasteiger partial charge in [-0.25, -0.2) is 29.9 Å². The van der Waals surface area contributed by atoms with Crippen LogP contribution in [0, 0.1) is 24.0 Å². The lowest BCUT2D eigenvalue weighted by molar-refractivity contribution is -0.123. The zero-order chi connectivity index (χ0) is 21.8. The number of carbonyl (C=O) groups excluding carboxylic acids is 1. The minimum absolute atomic E-state index is 0.0185. The first kappa shape index (κ1) is 21.2. The van der Waals surface area contributed by atoms with E-state index in [9.17, 15) is 30.4 Å². The van der Waals surface area contributed by atoms with Crippen LogP contribution in [0.2, 0.25) is 0 Å². The number of sulfonamides is 2. The van der Waals surface area contributed by atoms with E-state index in [0.29, 0.717) is 10.4 Å². The maximum absolute atomic E-state index is 13.8. The molecule has 0 spiro atoms. The number of nitrogens with zero attached hydrogens (tertiary/aromatic N) is 1. The number of aryl methyl sites for hydroxylation is 1. The van der Waals surface area contributed by atoms with E-state index in [-0.39, 0.29) is 21.9 Å². The summed E-state index contributed by atoms with van der Waals surface area (Å²) in [5, 5.41) is 0. The molecule has 1 amide bonds. The Morgan fingerprint density at radius 1 is 1.10 bits per heavy atom. The molecule has 29 heavy (non-hydrogen) atoms. The van der Waals surface area contributed by atoms with Crippen molar-refractivity contribution < 1.29 is 30.4 Å². The van der Waals surface area contributed by atoms with Crippen LogP contribution in [0.5, 0.6) is 0 Å². The average molecular weight is 444 g/mol. The Hall–Kier alpha value is -2.53. The zero-order valence-electron chi connectivity index (χ0n) is 15.7. The molecule has 1 aliphatic rings. The molecular weight excluding hydrogens is 426 g/mol. The largest absolute Gasteiger partial charge is 0.277 e. The van der Waals surface area contributed by atoms with E-state index in [1.54, 1.807) is 0 Å². The number of halogens is 2. The number of anilines is 2. The summed E-state index contributed by atoms with van der Waals surface area (Å²) in [5.74, 6) is -2.91. The summed E-state index contributed by atoms with van der Waals surface area (Å²) in [7, 11) is -8.14. The van der Waals surface area contributed by atoms with Gasteiger partial charge in [-0.3, -0.25) is 9.52 Å². The molecule has 1 saturated heterocycles. The van der Waals surface area contributed by atoms with Crippen molar-refractivity contribution in [1.82, 2.24) is 0 Å². The first-order valence-electron chi connectivity index (χ1n) is 8.41. The smallest absolute Gasteiger partial charge is 0.262 e. The van der Waals surface area contributed by atoms with Crippen LogP contribution in [-0.2, 0) is 24.8 Å². The predicted octanol–water partition coefficient (Wildman–Crippen LogP) is 2.78. The first-order valence-corrected chi connectivity index (χ1v) is 11.5. The normalized spacial score (nSPS) is 18.1. The molecule has 0 bridgehead atoms. The van der Waals surface area contributed by atoms with Gasteiger partial charge in [0, 0.05) is 6.07 Å². The van der Waals surface area contributed by atoms with Crippen molar-refractivity contribution in [3.8, 4) is 0 Å². The fourth-order valence-electron chi connectivity index (χ4n) is 3.09. The molecule has 156 valence electrons. The fourth-order valence-corrected chi connectivity index (χ4v) is 6.49. The third kappa shape index (κ3) is 3.84.